The Morgan fingerprint density at radius 3 is 2.57 bits per heavy atom. The Labute approximate surface area is 128 Å². The van der Waals surface area contributed by atoms with Crippen LogP contribution < -0.4 is 4.90 Å². The van der Waals surface area contributed by atoms with Gasteiger partial charge in [0.2, 0.25) is 5.91 Å². The first-order valence-electron chi connectivity index (χ1n) is 7.96. The third-order valence-corrected chi connectivity index (χ3v) is 4.18. The maximum Gasteiger partial charge on any atom is 0.226 e. The molecule has 21 heavy (non-hydrogen) atoms. The monoisotopic (exact) mass is 286 g/mol. The lowest BCUT2D eigenvalue weighted by molar-refractivity contribution is -0.119. The van der Waals surface area contributed by atoms with E-state index in [4.69, 9.17) is 0 Å². The van der Waals surface area contributed by atoms with Crippen LogP contribution in [0.15, 0.2) is 43.0 Å². The molecular weight excluding hydrogens is 260 g/mol. The third kappa shape index (κ3) is 4.18. The Balaban J connectivity index is 2.03. The van der Waals surface area contributed by atoms with E-state index in [1.54, 1.807) is 0 Å². The minimum atomic E-state index is 0.228. The standard InChI is InChI=1S/C18H26N2O/c1-3-5-13-19-14-11-17(12-15-19)20(18(21)4-2)16-9-7-6-8-10-16/h3,6-10,17H,1,4-5,11-15H2,2H3. The van der Waals surface area contributed by atoms with Gasteiger partial charge in [-0.15, -0.1) is 6.58 Å². The zero-order valence-electron chi connectivity index (χ0n) is 13.0. The van der Waals surface area contributed by atoms with E-state index in [0.717, 1.165) is 44.6 Å². The van der Waals surface area contributed by atoms with Crippen LogP contribution in [0.4, 0.5) is 5.69 Å². The molecule has 0 radical (unpaired) electrons. The fraction of sp³-hybridized carbons (Fsp3) is 0.500. The molecule has 0 saturated carbocycles. The summed E-state index contributed by atoms with van der Waals surface area (Å²) in [6.45, 7) is 8.95. The molecule has 1 fully saturated rings. The predicted octanol–water partition coefficient (Wildman–Crippen LogP) is 3.47. The van der Waals surface area contributed by atoms with Crippen LogP contribution in [0.25, 0.3) is 0 Å². The number of rotatable bonds is 6. The number of anilines is 1. The molecule has 0 unspecified atom stereocenters. The normalized spacial score (nSPS) is 16.6. The van der Waals surface area contributed by atoms with Crippen molar-refractivity contribution in [3.8, 4) is 0 Å². The summed E-state index contributed by atoms with van der Waals surface area (Å²) in [6, 6.07) is 10.4. The van der Waals surface area contributed by atoms with Crippen molar-refractivity contribution in [1.82, 2.24) is 4.90 Å². The van der Waals surface area contributed by atoms with Crippen molar-refractivity contribution in [2.75, 3.05) is 24.5 Å². The lowest BCUT2D eigenvalue weighted by Crippen LogP contribution is -2.47. The van der Waals surface area contributed by atoms with E-state index >= 15 is 0 Å². The summed E-state index contributed by atoms with van der Waals surface area (Å²) < 4.78 is 0. The van der Waals surface area contributed by atoms with Crippen LogP contribution in [0, 0.1) is 0 Å². The largest absolute Gasteiger partial charge is 0.309 e. The molecule has 2 rings (SSSR count). The number of hydrogen-bond donors (Lipinski definition) is 0. The van der Waals surface area contributed by atoms with E-state index in [-0.39, 0.29) is 5.91 Å². The Morgan fingerprint density at radius 1 is 1.33 bits per heavy atom. The summed E-state index contributed by atoms with van der Waals surface area (Å²) in [5.74, 6) is 0.228. The number of carbonyl (C=O) groups excluding carboxylic acids is 1. The number of benzene rings is 1. The number of likely N-dealkylation sites (tertiary alicyclic amines) is 1. The molecule has 0 aliphatic carbocycles. The van der Waals surface area contributed by atoms with Crippen LogP contribution in [0.5, 0.6) is 0 Å². The van der Waals surface area contributed by atoms with Crippen LogP contribution in [-0.2, 0) is 4.79 Å². The number of carbonyl (C=O) groups is 1. The second-order valence-corrected chi connectivity index (χ2v) is 5.60. The topological polar surface area (TPSA) is 23.6 Å². The highest BCUT2D eigenvalue weighted by Crippen LogP contribution is 2.24. The second kappa shape index (κ2) is 7.99. The highest BCUT2D eigenvalue weighted by atomic mass is 16.2. The van der Waals surface area contributed by atoms with E-state index in [1.807, 2.05) is 48.2 Å². The fourth-order valence-electron chi connectivity index (χ4n) is 2.99. The molecule has 0 N–H and O–H groups in total. The highest BCUT2D eigenvalue weighted by Gasteiger charge is 2.27. The van der Waals surface area contributed by atoms with Gasteiger partial charge in [0.25, 0.3) is 0 Å². The lowest BCUT2D eigenvalue weighted by atomic mass is 10.0. The molecule has 1 aliphatic heterocycles. The van der Waals surface area contributed by atoms with Crippen LogP contribution in [-0.4, -0.2) is 36.5 Å². The van der Waals surface area contributed by atoms with E-state index in [0.29, 0.717) is 12.5 Å². The van der Waals surface area contributed by atoms with Crippen molar-refractivity contribution in [2.45, 2.75) is 38.6 Å². The lowest BCUT2D eigenvalue weighted by Gasteiger charge is -2.38. The summed E-state index contributed by atoms with van der Waals surface area (Å²) >= 11 is 0. The number of hydrogen-bond acceptors (Lipinski definition) is 2. The molecule has 3 nitrogen and oxygen atoms in total. The SMILES string of the molecule is C=CCCN1CCC(N(C(=O)CC)c2ccccc2)CC1. The van der Waals surface area contributed by atoms with Crippen LogP contribution in [0.3, 0.4) is 0 Å². The van der Waals surface area contributed by atoms with Crippen LogP contribution in [0.2, 0.25) is 0 Å². The van der Waals surface area contributed by atoms with Crippen LogP contribution >= 0.6 is 0 Å². The molecule has 1 saturated heterocycles. The summed E-state index contributed by atoms with van der Waals surface area (Å²) in [6.07, 6.45) is 5.69. The first-order valence-corrected chi connectivity index (χ1v) is 7.96. The summed E-state index contributed by atoms with van der Waals surface area (Å²) in [4.78, 5) is 16.9. The Bertz CT molecular complexity index is 450. The van der Waals surface area contributed by atoms with Gasteiger partial charge in [0.1, 0.15) is 0 Å². The van der Waals surface area contributed by atoms with E-state index < -0.39 is 0 Å². The maximum atomic E-state index is 12.4. The van der Waals surface area contributed by atoms with Crippen molar-refractivity contribution in [1.29, 1.82) is 0 Å². The van der Waals surface area contributed by atoms with Gasteiger partial charge < -0.3 is 9.80 Å². The minimum absolute atomic E-state index is 0.228. The van der Waals surface area contributed by atoms with Gasteiger partial charge in [-0.05, 0) is 31.4 Å². The van der Waals surface area contributed by atoms with Gasteiger partial charge in [-0.2, -0.15) is 0 Å². The van der Waals surface area contributed by atoms with Crippen molar-refractivity contribution in [2.24, 2.45) is 0 Å². The molecule has 1 amide bonds. The Morgan fingerprint density at radius 2 is 2.00 bits per heavy atom. The zero-order valence-corrected chi connectivity index (χ0v) is 13.0. The Kier molecular flexibility index (Phi) is 6.00. The van der Waals surface area contributed by atoms with Gasteiger partial charge in [0.05, 0.1) is 0 Å². The summed E-state index contributed by atoms with van der Waals surface area (Å²) in [5, 5.41) is 0. The van der Waals surface area contributed by atoms with Gasteiger partial charge in [-0.3, -0.25) is 4.79 Å². The van der Waals surface area contributed by atoms with Crippen LogP contribution in [0.1, 0.15) is 32.6 Å². The summed E-state index contributed by atoms with van der Waals surface area (Å²) in [7, 11) is 0. The molecule has 1 aromatic rings. The van der Waals surface area contributed by atoms with Gasteiger partial charge in [-0.25, -0.2) is 0 Å². The molecule has 0 atom stereocenters. The average molecular weight is 286 g/mol. The predicted molar refractivity (Wildman–Crippen MR) is 88.5 cm³/mol. The molecule has 0 aromatic heterocycles. The minimum Gasteiger partial charge on any atom is -0.309 e. The number of piperidine rings is 1. The van der Waals surface area contributed by atoms with Crippen molar-refractivity contribution in [3.63, 3.8) is 0 Å². The number of amides is 1. The smallest absolute Gasteiger partial charge is 0.226 e. The van der Waals surface area contributed by atoms with Crippen molar-refractivity contribution >= 4 is 11.6 Å². The first kappa shape index (κ1) is 15.8. The van der Waals surface area contributed by atoms with E-state index in [2.05, 4.69) is 11.5 Å². The molecular formula is C18H26N2O. The second-order valence-electron chi connectivity index (χ2n) is 5.60. The number of nitrogens with zero attached hydrogens (tertiary/aromatic N) is 2. The maximum absolute atomic E-state index is 12.4. The summed E-state index contributed by atoms with van der Waals surface area (Å²) in [5.41, 5.74) is 1.04. The third-order valence-electron chi connectivity index (χ3n) is 4.18. The zero-order chi connectivity index (χ0) is 15.1. The van der Waals surface area contributed by atoms with E-state index in [9.17, 15) is 4.79 Å². The molecule has 1 aliphatic rings. The molecule has 114 valence electrons. The van der Waals surface area contributed by atoms with Gasteiger partial charge in [0, 0.05) is 37.8 Å². The fourth-order valence-corrected chi connectivity index (χ4v) is 2.99. The van der Waals surface area contributed by atoms with Crippen molar-refractivity contribution < 1.29 is 4.79 Å². The molecule has 0 spiro atoms. The highest BCUT2D eigenvalue weighted by molar-refractivity contribution is 5.93. The van der Waals surface area contributed by atoms with E-state index in [1.165, 1.54) is 0 Å². The number of para-hydroxylation sites is 1. The molecule has 0 bridgehead atoms. The van der Waals surface area contributed by atoms with Gasteiger partial charge in [0.15, 0.2) is 0 Å². The Hall–Kier alpha value is -1.61. The quantitative estimate of drug-likeness (QED) is 0.748. The molecule has 1 aromatic carbocycles. The first-order chi connectivity index (χ1) is 10.3. The van der Waals surface area contributed by atoms with Gasteiger partial charge in [-0.1, -0.05) is 31.2 Å². The molecule has 3 heteroatoms. The van der Waals surface area contributed by atoms with Gasteiger partial charge >= 0.3 is 0 Å². The average Bonchev–Trinajstić information content (AvgIpc) is 2.55. The van der Waals surface area contributed by atoms with Crippen molar-refractivity contribution in [3.05, 3.63) is 43.0 Å². The molecule has 1 heterocycles.